The molecular formula is C23H20N2O6. The molecule has 0 fully saturated rings. The van der Waals surface area contributed by atoms with Gasteiger partial charge in [0.15, 0.2) is 5.60 Å². The van der Waals surface area contributed by atoms with E-state index in [-0.39, 0.29) is 18.6 Å². The zero-order chi connectivity index (χ0) is 21.5. The van der Waals surface area contributed by atoms with Crippen molar-refractivity contribution >= 4 is 16.9 Å². The number of carbonyl (C=O) groups excluding carboxylic acids is 1. The van der Waals surface area contributed by atoms with E-state index in [1.165, 1.54) is 0 Å². The number of rotatable bonds is 2. The van der Waals surface area contributed by atoms with Gasteiger partial charge in [-0.05, 0) is 24.6 Å². The number of benzene rings is 1. The van der Waals surface area contributed by atoms with Gasteiger partial charge in [0.1, 0.15) is 18.1 Å². The normalized spacial score (nSPS) is 22.8. The molecule has 3 aromatic rings. The van der Waals surface area contributed by atoms with Gasteiger partial charge in [-0.25, -0.2) is 9.78 Å². The molecule has 5 heterocycles. The van der Waals surface area contributed by atoms with Crippen molar-refractivity contribution in [3.05, 3.63) is 51.3 Å². The lowest BCUT2D eigenvalue weighted by molar-refractivity contribution is -0.172. The summed E-state index contributed by atoms with van der Waals surface area (Å²) in [5.41, 5.74) is 1.14. The Hall–Kier alpha value is -3.39. The highest BCUT2D eigenvalue weighted by molar-refractivity contribution is 5.96. The number of esters is 1. The first-order valence-electron chi connectivity index (χ1n) is 10.4. The van der Waals surface area contributed by atoms with Gasteiger partial charge in [0.25, 0.3) is 5.56 Å². The van der Waals surface area contributed by atoms with Gasteiger partial charge in [0, 0.05) is 17.5 Å². The molecule has 0 aliphatic carbocycles. The summed E-state index contributed by atoms with van der Waals surface area (Å²) in [5, 5.41) is 11.8. The van der Waals surface area contributed by atoms with Gasteiger partial charge in [-0.2, -0.15) is 0 Å². The van der Waals surface area contributed by atoms with Crippen molar-refractivity contribution in [2.45, 2.75) is 51.7 Å². The predicted molar refractivity (Wildman–Crippen MR) is 110 cm³/mol. The van der Waals surface area contributed by atoms with E-state index >= 15 is 0 Å². The number of ether oxygens (including phenoxy) is 3. The molecule has 158 valence electrons. The van der Waals surface area contributed by atoms with Crippen molar-refractivity contribution in [1.29, 1.82) is 0 Å². The van der Waals surface area contributed by atoms with E-state index in [0.717, 1.165) is 10.9 Å². The Bertz CT molecular complexity index is 1360. The van der Waals surface area contributed by atoms with Crippen molar-refractivity contribution < 1.29 is 24.1 Å². The van der Waals surface area contributed by atoms with Crippen LogP contribution in [0.4, 0.5) is 0 Å². The number of nitrogens with zero attached hydrogens (tertiary/aromatic N) is 2. The fraction of sp³-hybridized carbons (Fsp3) is 0.348. The first-order chi connectivity index (χ1) is 15.0. The zero-order valence-electron chi connectivity index (χ0n) is 17.1. The second-order valence-corrected chi connectivity index (χ2v) is 8.09. The van der Waals surface area contributed by atoms with Crippen LogP contribution in [0.1, 0.15) is 43.4 Å². The van der Waals surface area contributed by atoms with Gasteiger partial charge in [0.2, 0.25) is 6.29 Å². The molecule has 8 heteroatoms. The largest absolute Gasteiger partial charge is 0.458 e. The average molecular weight is 420 g/mol. The van der Waals surface area contributed by atoms with E-state index in [1.807, 2.05) is 25.1 Å². The second kappa shape index (κ2) is 6.07. The molecule has 3 aliphatic rings. The van der Waals surface area contributed by atoms with Crippen molar-refractivity contribution in [2.75, 3.05) is 0 Å². The predicted octanol–water partition coefficient (Wildman–Crippen LogP) is 2.59. The summed E-state index contributed by atoms with van der Waals surface area (Å²) in [6.45, 7) is 3.80. The first kappa shape index (κ1) is 18.4. The molecule has 6 rings (SSSR count). The van der Waals surface area contributed by atoms with Crippen molar-refractivity contribution in [3.8, 4) is 22.9 Å². The van der Waals surface area contributed by atoms with Gasteiger partial charge < -0.3 is 23.9 Å². The first-order valence-corrected chi connectivity index (χ1v) is 10.4. The number of carbonyl (C=O) groups is 1. The summed E-state index contributed by atoms with van der Waals surface area (Å²) in [7, 11) is 0. The van der Waals surface area contributed by atoms with Crippen LogP contribution < -0.4 is 15.0 Å². The van der Waals surface area contributed by atoms with Crippen molar-refractivity contribution in [2.24, 2.45) is 0 Å². The highest BCUT2D eigenvalue weighted by Crippen LogP contribution is 2.47. The molecule has 0 saturated heterocycles. The monoisotopic (exact) mass is 420 g/mol. The Labute approximate surface area is 177 Å². The Balaban J connectivity index is 1.65. The summed E-state index contributed by atoms with van der Waals surface area (Å²) >= 11 is 0. The highest BCUT2D eigenvalue weighted by atomic mass is 16.7. The van der Waals surface area contributed by atoms with Crippen LogP contribution in [0.3, 0.4) is 0 Å². The zero-order valence-corrected chi connectivity index (χ0v) is 17.1. The van der Waals surface area contributed by atoms with Gasteiger partial charge >= 0.3 is 5.97 Å². The van der Waals surface area contributed by atoms with E-state index in [2.05, 4.69) is 0 Å². The van der Waals surface area contributed by atoms with Crippen LogP contribution in [-0.4, -0.2) is 26.9 Å². The fourth-order valence-electron chi connectivity index (χ4n) is 4.75. The number of pyridine rings is 2. The minimum Gasteiger partial charge on any atom is -0.458 e. The topological polar surface area (TPSA) is 99.9 Å². The molecule has 1 unspecified atom stereocenters. The molecule has 0 saturated carbocycles. The Morgan fingerprint density at radius 1 is 1.23 bits per heavy atom. The molecule has 31 heavy (non-hydrogen) atoms. The number of cyclic esters (lactones) is 1. The van der Waals surface area contributed by atoms with Crippen LogP contribution in [0.25, 0.3) is 22.3 Å². The molecule has 1 aromatic carbocycles. The molecule has 8 nitrogen and oxygen atoms in total. The number of aromatic nitrogens is 2. The van der Waals surface area contributed by atoms with Crippen LogP contribution in [0.5, 0.6) is 11.5 Å². The highest BCUT2D eigenvalue weighted by Gasteiger charge is 2.45. The Kier molecular flexibility index (Phi) is 3.60. The molecule has 0 amide bonds. The SMILES string of the molecule is CCC1Oc2cccc3nc4c(c(c23)O1)Cn1c-4cc2c(c1=O)COC(=O)[C@]2(O)CC. The van der Waals surface area contributed by atoms with Gasteiger partial charge in [-0.15, -0.1) is 0 Å². The molecular weight excluding hydrogens is 400 g/mol. The summed E-state index contributed by atoms with van der Waals surface area (Å²) in [5.74, 6) is 0.651. The molecule has 3 aliphatic heterocycles. The Morgan fingerprint density at radius 2 is 2.06 bits per heavy atom. The number of hydrogen-bond acceptors (Lipinski definition) is 7. The summed E-state index contributed by atoms with van der Waals surface area (Å²) < 4.78 is 18.8. The lowest BCUT2D eigenvalue weighted by Gasteiger charge is -2.31. The maximum Gasteiger partial charge on any atom is 0.343 e. The van der Waals surface area contributed by atoms with E-state index < -0.39 is 17.9 Å². The van der Waals surface area contributed by atoms with E-state index in [1.54, 1.807) is 17.6 Å². The number of hydrogen-bond donors (Lipinski definition) is 1. The van der Waals surface area contributed by atoms with Crippen molar-refractivity contribution in [3.63, 3.8) is 0 Å². The third kappa shape index (κ3) is 2.25. The number of aliphatic hydroxyl groups is 1. The summed E-state index contributed by atoms with van der Waals surface area (Å²) in [4.78, 5) is 30.5. The van der Waals surface area contributed by atoms with Crippen LogP contribution in [0.2, 0.25) is 0 Å². The molecule has 0 radical (unpaired) electrons. The van der Waals surface area contributed by atoms with Crippen LogP contribution in [0, 0.1) is 0 Å². The fourth-order valence-corrected chi connectivity index (χ4v) is 4.75. The third-order valence-electron chi connectivity index (χ3n) is 6.47. The average Bonchev–Trinajstić information content (AvgIpc) is 3.16. The minimum absolute atomic E-state index is 0.104. The quantitative estimate of drug-likeness (QED) is 0.498. The standard InChI is InChI=1S/C23H20N2O6/c1-3-17-30-16-7-5-6-14-18(16)20(31-17)11-9-25-15(19(11)24-14)8-13-12(21(25)26)10-29-22(27)23(13,28)4-2/h5-8,17,28H,3-4,9-10H2,1-2H3/t17?,23-/m0/s1. The number of fused-ring (bicyclic) bond motifs is 5. The van der Waals surface area contributed by atoms with Crippen LogP contribution >= 0.6 is 0 Å². The lowest BCUT2D eigenvalue weighted by atomic mass is 9.86. The van der Waals surface area contributed by atoms with Crippen LogP contribution in [-0.2, 0) is 28.3 Å². The molecule has 0 bridgehead atoms. The maximum atomic E-state index is 13.3. The summed E-state index contributed by atoms with van der Waals surface area (Å²) in [6, 6.07) is 7.35. The summed E-state index contributed by atoms with van der Waals surface area (Å²) in [6.07, 6.45) is 0.346. The molecule has 0 spiro atoms. The second-order valence-electron chi connectivity index (χ2n) is 8.09. The smallest absolute Gasteiger partial charge is 0.343 e. The van der Waals surface area contributed by atoms with Crippen LogP contribution in [0.15, 0.2) is 29.1 Å². The molecule has 2 atom stereocenters. The van der Waals surface area contributed by atoms with Crippen molar-refractivity contribution in [1.82, 2.24) is 9.55 Å². The Morgan fingerprint density at radius 3 is 2.84 bits per heavy atom. The molecule has 2 aromatic heterocycles. The van der Waals surface area contributed by atoms with Gasteiger partial charge in [0.05, 0.1) is 34.4 Å². The minimum atomic E-state index is -1.85. The van der Waals surface area contributed by atoms with Gasteiger partial charge in [-0.3, -0.25) is 4.79 Å². The van der Waals surface area contributed by atoms with E-state index in [0.29, 0.717) is 52.5 Å². The molecule has 1 N–H and O–H groups in total. The maximum absolute atomic E-state index is 13.3. The van der Waals surface area contributed by atoms with E-state index in [9.17, 15) is 14.7 Å². The van der Waals surface area contributed by atoms with Gasteiger partial charge in [-0.1, -0.05) is 19.9 Å². The third-order valence-corrected chi connectivity index (χ3v) is 6.47. The van der Waals surface area contributed by atoms with E-state index in [4.69, 9.17) is 19.2 Å². The lowest BCUT2D eigenvalue weighted by Crippen LogP contribution is -2.44.